The highest BCUT2D eigenvalue weighted by atomic mass is 35.5. The number of ether oxygens (including phenoxy) is 1. The van der Waals surface area contributed by atoms with Crippen molar-refractivity contribution in [3.8, 4) is 0 Å². The number of halogens is 1. The van der Waals surface area contributed by atoms with E-state index >= 15 is 0 Å². The Hall–Kier alpha value is -3.46. The Balaban J connectivity index is 1.68. The summed E-state index contributed by atoms with van der Waals surface area (Å²) in [7, 11) is 0. The van der Waals surface area contributed by atoms with Crippen molar-refractivity contribution in [3.63, 3.8) is 0 Å². The average Bonchev–Trinajstić information content (AvgIpc) is 2.66. The second kappa shape index (κ2) is 10.0. The fourth-order valence-electron chi connectivity index (χ4n) is 2.10. The number of nitrogens with one attached hydrogen (secondary N) is 2. The molecule has 0 bridgehead atoms. The van der Waals surface area contributed by atoms with E-state index in [1.165, 1.54) is 24.3 Å². The summed E-state index contributed by atoms with van der Waals surface area (Å²) in [5.74, 6) is -1.67. The molecule has 0 aliphatic carbocycles. The topological polar surface area (TPSA) is 128 Å². The Labute approximate surface area is 164 Å². The zero-order valence-electron chi connectivity index (χ0n) is 14.5. The van der Waals surface area contributed by atoms with Crippen LogP contribution >= 0.6 is 11.6 Å². The van der Waals surface area contributed by atoms with Gasteiger partial charge in [0.2, 0.25) is 0 Å². The number of nitrogens with zero attached hydrogens (tertiary/aromatic N) is 1. The number of amides is 2. The number of anilines is 1. The van der Waals surface area contributed by atoms with Crippen molar-refractivity contribution in [2.24, 2.45) is 0 Å². The quantitative estimate of drug-likeness (QED) is 0.394. The summed E-state index contributed by atoms with van der Waals surface area (Å²) in [6.45, 7) is -0.480. The third-order valence-corrected chi connectivity index (χ3v) is 3.66. The van der Waals surface area contributed by atoms with Crippen LogP contribution in [0, 0.1) is 10.1 Å². The minimum atomic E-state index is -0.662. The Morgan fingerprint density at radius 1 is 1.11 bits per heavy atom. The van der Waals surface area contributed by atoms with E-state index < -0.39 is 29.3 Å². The van der Waals surface area contributed by atoms with Gasteiger partial charge in [-0.05, 0) is 30.3 Å². The molecule has 0 saturated carbocycles. The van der Waals surface area contributed by atoms with Crippen molar-refractivity contribution >= 4 is 40.8 Å². The second-order valence-corrected chi connectivity index (χ2v) is 5.97. The van der Waals surface area contributed by atoms with E-state index in [0.717, 1.165) is 0 Å². The molecule has 2 N–H and O–H groups in total. The molecule has 0 saturated heterocycles. The fourth-order valence-corrected chi connectivity index (χ4v) is 2.29. The summed E-state index contributed by atoms with van der Waals surface area (Å²) < 4.78 is 4.83. The Bertz CT molecular complexity index is 885. The van der Waals surface area contributed by atoms with E-state index in [1.807, 2.05) is 0 Å². The molecule has 0 aromatic heterocycles. The van der Waals surface area contributed by atoms with Crippen LogP contribution in [0.1, 0.15) is 16.8 Å². The largest absolute Gasteiger partial charge is 0.456 e. The number of non-ortho nitro benzene ring substituents is 1. The number of hydrogen-bond donors (Lipinski definition) is 2. The van der Waals surface area contributed by atoms with E-state index in [2.05, 4.69) is 10.6 Å². The second-order valence-electron chi connectivity index (χ2n) is 5.53. The standard InChI is InChI=1S/C18H16ClN3O6/c19-13-2-1-3-14(10-13)21-16(23)11-28-17(24)8-9-20-18(25)12-4-6-15(7-5-12)22(26)27/h1-7,10H,8-9,11H2,(H,20,25)(H,21,23). The molecule has 2 amide bonds. The van der Waals surface area contributed by atoms with Gasteiger partial charge < -0.3 is 15.4 Å². The van der Waals surface area contributed by atoms with Crippen LogP contribution in [0.4, 0.5) is 11.4 Å². The third-order valence-electron chi connectivity index (χ3n) is 3.43. The summed E-state index contributed by atoms with van der Waals surface area (Å²) in [4.78, 5) is 45.3. The zero-order valence-corrected chi connectivity index (χ0v) is 15.3. The number of rotatable bonds is 8. The van der Waals surface area contributed by atoms with Crippen LogP contribution in [-0.4, -0.2) is 35.9 Å². The first-order chi connectivity index (χ1) is 13.3. The molecule has 2 rings (SSSR count). The smallest absolute Gasteiger partial charge is 0.308 e. The van der Waals surface area contributed by atoms with Crippen molar-refractivity contribution in [1.29, 1.82) is 0 Å². The molecule has 0 atom stereocenters. The minimum absolute atomic E-state index is 0.00936. The first-order valence-corrected chi connectivity index (χ1v) is 8.46. The lowest BCUT2D eigenvalue weighted by atomic mass is 10.2. The summed E-state index contributed by atoms with van der Waals surface area (Å²) in [6.07, 6.45) is -0.136. The number of benzene rings is 2. The maximum absolute atomic E-state index is 11.9. The maximum atomic E-state index is 11.9. The van der Waals surface area contributed by atoms with E-state index in [9.17, 15) is 24.5 Å². The molecule has 28 heavy (non-hydrogen) atoms. The van der Waals surface area contributed by atoms with Crippen LogP contribution in [0.5, 0.6) is 0 Å². The van der Waals surface area contributed by atoms with Gasteiger partial charge in [-0.2, -0.15) is 0 Å². The van der Waals surface area contributed by atoms with Crippen LogP contribution < -0.4 is 10.6 Å². The number of hydrogen-bond acceptors (Lipinski definition) is 6. The molecule has 2 aromatic rings. The molecule has 0 radical (unpaired) electrons. The Morgan fingerprint density at radius 2 is 1.82 bits per heavy atom. The molecule has 0 unspecified atom stereocenters. The van der Waals surface area contributed by atoms with Gasteiger partial charge in [0, 0.05) is 35.0 Å². The van der Waals surface area contributed by atoms with Gasteiger partial charge in [0.05, 0.1) is 11.3 Å². The molecule has 10 heteroatoms. The van der Waals surface area contributed by atoms with E-state index in [0.29, 0.717) is 10.7 Å². The molecule has 0 fully saturated rings. The van der Waals surface area contributed by atoms with Gasteiger partial charge in [-0.25, -0.2) is 0 Å². The van der Waals surface area contributed by atoms with E-state index in [-0.39, 0.29) is 24.2 Å². The number of nitro groups is 1. The molecule has 9 nitrogen and oxygen atoms in total. The highest BCUT2D eigenvalue weighted by molar-refractivity contribution is 6.30. The molecule has 2 aromatic carbocycles. The molecule has 0 heterocycles. The van der Waals surface area contributed by atoms with E-state index in [1.54, 1.807) is 24.3 Å². The lowest BCUT2D eigenvalue weighted by molar-refractivity contribution is -0.384. The Morgan fingerprint density at radius 3 is 2.46 bits per heavy atom. The molecular weight excluding hydrogens is 390 g/mol. The first kappa shape index (κ1) is 20.8. The zero-order chi connectivity index (χ0) is 20.5. The monoisotopic (exact) mass is 405 g/mol. The average molecular weight is 406 g/mol. The van der Waals surface area contributed by atoms with Crippen LogP contribution in [0.2, 0.25) is 5.02 Å². The molecule has 0 aliphatic rings. The van der Waals surface area contributed by atoms with Crippen LogP contribution in [0.15, 0.2) is 48.5 Å². The number of carbonyl (C=O) groups excluding carboxylic acids is 3. The van der Waals surface area contributed by atoms with Crippen LogP contribution in [-0.2, 0) is 14.3 Å². The summed E-state index contributed by atoms with van der Waals surface area (Å²) in [6, 6.07) is 11.6. The van der Waals surface area contributed by atoms with Gasteiger partial charge in [-0.3, -0.25) is 24.5 Å². The van der Waals surface area contributed by atoms with Crippen molar-refractivity contribution in [1.82, 2.24) is 5.32 Å². The van der Waals surface area contributed by atoms with Gasteiger partial charge in [0.15, 0.2) is 6.61 Å². The van der Waals surface area contributed by atoms with Crippen LogP contribution in [0.25, 0.3) is 0 Å². The van der Waals surface area contributed by atoms with E-state index in [4.69, 9.17) is 16.3 Å². The van der Waals surface area contributed by atoms with Crippen molar-refractivity contribution < 1.29 is 24.0 Å². The third kappa shape index (κ3) is 6.69. The van der Waals surface area contributed by atoms with Crippen LogP contribution in [0.3, 0.4) is 0 Å². The lowest BCUT2D eigenvalue weighted by Crippen LogP contribution is -2.27. The van der Waals surface area contributed by atoms with Crippen molar-refractivity contribution in [3.05, 3.63) is 69.2 Å². The SMILES string of the molecule is O=C(COC(=O)CCNC(=O)c1ccc([N+](=O)[O-])cc1)Nc1cccc(Cl)c1. The number of esters is 1. The van der Waals surface area contributed by atoms with Gasteiger partial charge in [0.25, 0.3) is 17.5 Å². The normalized spacial score (nSPS) is 10.0. The minimum Gasteiger partial charge on any atom is -0.456 e. The molecule has 146 valence electrons. The lowest BCUT2D eigenvalue weighted by Gasteiger charge is -2.08. The highest BCUT2D eigenvalue weighted by Crippen LogP contribution is 2.14. The molecular formula is C18H16ClN3O6. The molecule has 0 spiro atoms. The fraction of sp³-hybridized carbons (Fsp3) is 0.167. The number of carbonyl (C=O) groups is 3. The highest BCUT2D eigenvalue weighted by Gasteiger charge is 2.11. The van der Waals surface area contributed by atoms with Gasteiger partial charge in [-0.15, -0.1) is 0 Å². The first-order valence-electron chi connectivity index (χ1n) is 8.09. The molecule has 0 aliphatic heterocycles. The summed E-state index contributed by atoms with van der Waals surface area (Å²) in [5, 5.41) is 16.0. The maximum Gasteiger partial charge on any atom is 0.308 e. The number of nitro benzene ring substituents is 1. The van der Waals surface area contributed by atoms with Gasteiger partial charge in [0.1, 0.15) is 0 Å². The predicted octanol–water partition coefficient (Wildman–Crippen LogP) is 2.55. The predicted molar refractivity (Wildman–Crippen MR) is 101 cm³/mol. The van der Waals surface area contributed by atoms with Crippen molar-refractivity contribution in [2.45, 2.75) is 6.42 Å². The van der Waals surface area contributed by atoms with Gasteiger partial charge >= 0.3 is 5.97 Å². The van der Waals surface area contributed by atoms with Crippen molar-refractivity contribution in [2.75, 3.05) is 18.5 Å². The summed E-state index contributed by atoms with van der Waals surface area (Å²) in [5.41, 5.74) is 0.569. The summed E-state index contributed by atoms with van der Waals surface area (Å²) >= 11 is 5.80. The van der Waals surface area contributed by atoms with Gasteiger partial charge in [-0.1, -0.05) is 17.7 Å². The Kier molecular flexibility index (Phi) is 7.46.